The van der Waals surface area contributed by atoms with Crippen LogP contribution in [0.5, 0.6) is 17.2 Å². The second-order valence-corrected chi connectivity index (χ2v) is 7.38. The van der Waals surface area contributed by atoms with Crippen LogP contribution in [0.1, 0.15) is 6.92 Å². The number of rotatable bonds is 5. The van der Waals surface area contributed by atoms with Crippen molar-refractivity contribution in [1.29, 1.82) is 0 Å². The summed E-state index contributed by atoms with van der Waals surface area (Å²) in [6, 6.07) is 9.11. The van der Waals surface area contributed by atoms with Crippen molar-refractivity contribution in [1.82, 2.24) is 0 Å². The molecule has 1 aromatic heterocycles. The van der Waals surface area contributed by atoms with E-state index in [4.69, 9.17) is 18.6 Å². The van der Waals surface area contributed by atoms with Crippen LogP contribution in [0.2, 0.25) is 0 Å². The molecule has 9 nitrogen and oxygen atoms in total. The van der Waals surface area contributed by atoms with Gasteiger partial charge in [0.25, 0.3) is 0 Å². The van der Waals surface area contributed by atoms with Gasteiger partial charge in [-0.3, -0.25) is 4.79 Å². The SMILES string of the molecule is COc1cc2c(=O)c(-c3ccc(O)cc3)coc2cc1OC1OC(CO)C(O)=C(O)C1C. The van der Waals surface area contributed by atoms with Gasteiger partial charge in [0.05, 0.1) is 30.6 Å². The highest BCUT2D eigenvalue weighted by Gasteiger charge is 2.37. The van der Waals surface area contributed by atoms with Crippen LogP contribution in [0, 0.1) is 5.92 Å². The number of methoxy groups -OCH3 is 1. The summed E-state index contributed by atoms with van der Waals surface area (Å²) in [5.41, 5.74) is 0.834. The van der Waals surface area contributed by atoms with Gasteiger partial charge in [-0.1, -0.05) is 12.1 Å². The van der Waals surface area contributed by atoms with Crippen LogP contribution in [0.25, 0.3) is 22.1 Å². The Bertz CT molecular complexity index is 1230. The molecule has 0 saturated heterocycles. The minimum Gasteiger partial charge on any atom is -0.508 e. The fourth-order valence-electron chi connectivity index (χ4n) is 3.48. The van der Waals surface area contributed by atoms with Crippen molar-refractivity contribution in [3.63, 3.8) is 0 Å². The summed E-state index contributed by atoms with van der Waals surface area (Å²) in [6.45, 7) is 1.04. The van der Waals surface area contributed by atoms with Crippen LogP contribution < -0.4 is 14.9 Å². The van der Waals surface area contributed by atoms with E-state index >= 15 is 0 Å². The molecule has 3 unspecified atom stereocenters. The topological polar surface area (TPSA) is 139 Å². The van der Waals surface area contributed by atoms with Crippen LogP contribution in [0.15, 0.2) is 63.4 Å². The molecule has 3 aromatic rings. The van der Waals surface area contributed by atoms with Gasteiger partial charge in [-0.05, 0) is 30.7 Å². The van der Waals surface area contributed by atoms with Crippen LogP contribution in [0.4, 0.5) is 0 Å². The zero-order valence-corrected chi connectivity index (χ0v) is 17.3. The Morgan fingerprint density at radius 3 is 2.41 bits per heavy atom. The van der Waals surface area contributed by atoms with E-state index in [0.29, 0.717) is 11.1 Å². The third-order valence-corrected chi connectivity index (χ3v) is 5.35. The second-order valence-electron chi connectivity index (χ2n) is 7.38. The number of phenols is 1. The molecule has 0 bridgehead atoms. The largest absolute Gasteiger partial charge is 0.508 e. The molecule has 3 atom stereocenters. The Balaban J connectivity index is 1.73. The summed E-state index contributed by atoms with van der Waals surface area (Å²) in [5, 5.41) is 39.1. The average molecular weight is 442 g/mol. The van der Waals surface area contributed by atoms with Gasteiger partial charge in [-0.15, -0.1) is 0 Å². The lowest BCUT2D eigenvalue weighted by Gasteiger charge is -2.33. The molecule has 2 heterocycles. The Kier molecular flexibility index (Phi) is 5.68. The highest BCUT2D eigenvalue weighted by atomic mass is 16.7. The second kappa shape index (κ2) is 8.45. The highest BCUT2D eigenvalue weighted by Crippen LogP contribution is 2.36. The number of hydrogen-bond donors (Lipinski definition) is 4. The van der Waals surface area contributed by atoms with Crippen LogP contribution >= 0.6 is 0 Å². The number of aromatic hydroxyl groups is 1. The van der Waals surface area contributed by atoms with Gasteiger partial charge in [-0.2, -0.15) is 0 Å². The van der Waals surface area contributed by atoms with Crippen LogP contribution in [-0.4, -0.2) is 46.5 Å². The summed E-state index contributed by atoms with van der Waals surface area (Å²) in [5.74, 6) is -1.03. The average Bonchev–Trinajstić information content (AvgIpc) is 2.80. The zero-order chi connectivity index (χ0) is 23.0. The number of ether oxygens (including phenoxy) is 3. The maximum atomic E-state index is 13.1. The van der Waals surface area contributed by atoms with E-state index in [1.807, 2.05) is 0 Å². The van der Waals surface area contributed by atoms with Crippen LogP contribution in [0.3, 0.4) is 0 Å². The van der Waals surface area contributed by atoms with E-state index in [9.17, 15) is 25.2 Å². The lowest BCUT2D eigenvalue weighted by atomic mass is 10.0. The number of phenolic OH excluding ortho intramolecular Hbond substituents is 1. The maximum absolute atomic E-state index is 13.1. The summed E-state index contributed by atoms with van der Waals surface area (Å²) in [6.07, 6.45) is -0.854. The summed E-state index contributed by atoms with van der Waals surface area (Å²) >= 11 is 0. The van der Waals surface area contributed by atoms with Gasteiger partial charge in [0.15, 0.2) is 17.3 Å². The van der Waals surface area contributed by atoms with E-state index in [0.717, 1.165) is 0 Å². The molecule has 32 heavy (non-hydrogen) atoms. The quantitative estimate of drug-likeness (QED) is 0.469. The summed E-state index contributed by atoms with van der Waals surface area (Å²) < 4.78 is 22.5. The molecule has 9 heteroatoms. The van der Waals surface area contributed by atoms with Crippen molar-refractivity contribution in [3.05, 3.63) is 64.4 Å². The predicted molar refractivity (Wildman–Crippen MR) is 114 cm³/mol. The van der Waals surface area contributed by atoms with E-state index in [1.165, 1.54) is 37.6 Å². The molecule has 168 valence electrons. The molecule has 0 spiro atoms. The maximum Gasteiger partial charge on any atom is 0.210 e. The molecule has 1 aliphatic rings. The molecule has 4 N–H and O–H groups in total. The minimum atomic E-state index is -1.13. The van der Waals surface area contributed by atoms with Crippen molar-refractivity contribution in [2.24, 2.45) is 5.92 Å². The first-order chi connectivity index (χ1) is 15.3. The third kappa shape index (κ3) is 3.72. The number of hydrogen-bond acceptors (Lipinski definition) is 9. The van der Waals surface area contributed by atoms with Gasteiger partial charge >= 0.3 is 0 Å². The van der Waals surface area contributed by atoms with Crippen LogP contribution in [-0.2, 0) is 4.74 Å². The van der Waals surface area contributed by atoms with Gasteiger partial charge in [0, 0.05) is 6.07 Å². The van der Waals surface area contributed by atoms with E-state index in [-0.39, 0.29) is 39.4 Å². The number of aliphatic hydroxyl groups is 3. The molecule has 0 saturated carbocycles. The van der Waals surface area contributed by atoms with Crippen molar-refractivity contribution >= 4 is 11.0 Å². The normalized spacial score (nSPS) is 21.0. The molecule has 4 rings (SSSR count). The Morgan fingerprint density at radius 2 is 1.75 bits per heavy atom. The lowest BCUT2D eigenvalue weighted by molar-refractivity contribution is -0.168. The lowest BCUT2D eigenvalue weighted by Crippen LogP contribution is -2.41. The van der Waals surface area contributed by atoms with Crippen molar-refractivity contribution in [3.8, 4) is 28.4 Å². The zero-order valence-electron chi connectivity index (χ0n) is 17.3. The summed E-state index contributed by atoms with van der Waals surface area (Å²) in [7, 11) is 1.41. The Hall–Kier alpha value is -3.69. The first-order valence-electron chi connectivity index (χ1n) is 9.82. The Morgan fingerprint density at radius 1 is 1.03 bits per heavy atom. The first-order valence-corrected chi connectivity index (χ1v) is 9.82. The van der Waals surface area contributed by atoms with Gasteiger partial charge in [0.1, 0.15) is 29.5 Å². The molecule has 0 fully saturated rings. The van der Waals surface area contributed by atoms with Gasteiger partial charge in [0.2, 0.25) is 11.7 Å². The number of fused-ring (bicyclic) bond motifs is 1. The number of benzene rings is 2. The van der Waals surface area contributed by atoms with E-state index in [1.54, 1.807) is 19.1 Å². The smallest absolute Gasteiger partial charge is 0.210 e. The van der Waals surface area contributed by atoms with Gasteiger partial charge < -0.3 is 39.1 Å². The van der Waals surface area contributed by atoms with Crippen molar-refractivity contribution in [2.75, 3.05) is 13.7 Å². The van der Waals surface area contributed by atoms with Crippen molar-refractivity contribution < 1.29 is 39.1 Å². The fourth-order valence-corrected chi connectivity index (χ4v) is 3.48. The standard InChI is InChI=1S/C23H22O9/c1-11-20(26)22(28)19(9-24)32-23(11)31-18-8-16-14(7-17(18)29-2)21(27)15(10-30-16)12-3-5-13(25)6-4-12/h3-8,10-11,19,23-26,28H,9H2,1-2H3. The molecule has 2 aromatic carbocycles. The molecule has 0 aliphatic carbocycles. The first kappa shape index (κ1) is 21.5. The van der Waals surface area contributed by atoms with Gasteiger partial charge in [-0.25, -0.2) is 0 Å². The van der Waals surface area contributed by atoms with E-state index in [2.05, 4.69) is 0 Å². The fraction of sp³-hybridized carbons (Fsp3) is 0.261. The minimum absolute atomic E-state index is 0.0826. The molecular weight excluding hydrogens is 420 g/mol. The van der Waals surface area contributed by atoms with Crippen molar-refractivity contribution in [2.45, 2.75) is 19.3 Å². The third-order valence-electron chi connectivity index (χ3n) is 5.35. The summed E-state index contributed by atoms with van der Waals surface area (Å²) in [4.78, 5) is 13.1. The Labute approximate surface area is 182 Å². The predicted octanol–water partition coefficient (Wildman–Crippen LogP) is 3.23. The van der Waals surface area contributed by atoms with E-state index < -0.39 is 30.7 Å². The number of aliphatic hydroxyl groups excluding tert-OH is 3. The molecule has 1 aliphatic heterocycles. The molecular formula is C23H22O9. The molecule has 0 radical (unpaired) electrons. The monoisotopic (exact) mass is 442 g/mol. The highest BCUT2D eigenvalue weighted by molar-refractivity contribution is 5.84. The molecule has 0 amide bonds.